The Morgan fingerprint density at radius 1 is 1.40 bits per heavy atom. The summed E-state index contributed by atoms with van der Waals surface area (Å²) in [5.74, 6) is -0.351. The second kappa shape index (κ2) is 7.24. The quantitative estimate of drug-likeness (QED) is 0.914. The first-order valence-corrected chi connectivity index (χ1v) is 7.13. The molecule has 5 heteroatoms. The molecule has 0 aliphatic carbocycles. The van der Waals surface area contributed by atoms with Gasteiger partial charge < -0.3 is 15.0 Å². The van der Waals surface area contributed by atoms with Crippen molar-refractivity contribution in [2.45, 2.75) is 25.9 Å². The highest BCUT2D eigenvalue weighted by molar-refractivity contribution is 5.81. The van der Waals surface area contributed by atoms with Gasteiger partial charge in [-0.05, 0) is 31.5 Å². The Kier molecular flexibility index (Phi) is 5.35. The van der Waals surface area contributed by atoms with Crippen molar-refractivity contribution in [3.05, 3.63) is 30.1 Å². The van der Waals surface area contributed by atoms with Crippen molar-refractivity contribution in [3.8, 4) is 5.75 Å². The van der Waals surface area contributed by atoms with Gasteiger partial charge in [0.2, 0.25) is 0 Å². The molecule has 2 rings (SSSR count). The van der Waals surface area contributed by atoms with Crippen LogP contribution < -0.4 is 10.1 Å². The molecule has 1 aromatic rings. The highest BCUT2D eigenvalue weighted by atomic mass is 19.1. The van der Waals surface area contributed by atoms with Crippen LogP contribution in [0.4, 0.5) is 4.39 Å². The molecule has 4 nitrogen and oxygen atoms in total. The molecule has 1 N–H and O–H groups in total. The van der Waals surface area contributed by atoms with E-state index in [2.05, 4.69) is 5.32 Å². The van der Waals surface area contributed by atoms with Gasteiger partial charge in [-0.15, -0.1) is 0 Å². The van der Waals surface area contributed by atoms with Gasteiger partial charge in [0, 0.05) is 19.6 Å². The van der Waals surface area contributed by atoms with Gasteiger partial charge in [0.25, 0.3) is 5.91 Å². The molecule has 1 amide bonds. The van der Waals surface area contributed by atoms with Crippen LogP contribution in [0.5, 0.6) is 5.75 Å². The Morgan fingerprint density at radius 2 is 2.20 bits per heavy atom. The van der Waals surface area contributed by atoms with E-state index in [1.54, 1.807) is 23.1 Å². The minimum Gasteiger partial charge on any atom is -0.478 e. The van der Waals surface area contributed by atoms with Gasteiger partial charge in [0.1, 0.15) is 0 Å². The number of nitrogens with zero attached hydrogens (tertiary/aromatic N) is 1. The van der Waals surface area contributed by atoms with E-state index in [0.29, 0.717) is 13.0 Å². The first kappa shape index (κ1) is 14.8. The van der Waals surface area contributed by atoms with E-state index in [9.17, 15) is 9.18 Å². The summed E-state index contributed by atoms with van der Waals surface area (Å²) in [6.07, 6.45) is 0.837. The molecule has 1 aliphatic rings. The van der Waals surface area contributed by atoms with E-state index in [1.165, 1.54) is 6.07 Å². The molecule has 1 aliphatic heterocycles. The molecular formula is C15H21FN2O2. The molecule has 1 saturated heterocycles. The average Bonchev–Trinajstić information content (AvgIpc) is 2.75. The summed E-state index contributed by atoms with van der Waals surface area (Å²) in [5.41, 5.74) is 0. The number of hydrogen-bond donors (Lipinski definition) is 1. The van der Waals surface area contributed by atoms with Crippen LogP contribution in [-0.4, -0.2) is 43.1 Å². The lowest BCUT2D eigenvalue weighted by Crippen LogP contribution is -2.43. The number of benzene rings is 1. The molecule has 1 fully saturated rings. The summed E-state index contributed by atoms with van der Waals surface area (Å²) >= 11 is 0. The number of ether oxygens (including phenoxy) is 1. The number of hydrogen-bond acceptors (Lipinski definition) is 3. The first-order valence-electron chi connectivity index (χ1n) is 7.13. The lowest BCUT2D eigenvalue weighted by Gasteiger charge is -2.25. The minimum absolute atomic E-state index is 0.0561. The van der Waals surface area contributed by atoms with Crippen LogP contribution in [0.15, 0.2) is 24.3 Å². The predicted molar refractivity (Wildman–Crippen MR) is 75.2 cm³/mol. The number of amides is 1. The number of halogens is 1. The number of carbonyl (C=O) groups is 1. The fourth-order valence-corrected chi connectivity index (χ4v) is 2.27. The molecule has 0 aromatic heterocycles. The second-order valence-electron chi connectivity index (χ2n) is 4.87. The number of rotatable bonds is 4. The lowest BCUT2D eigenvalue weighted by atomic mass is 10.2. The minimum atomic E-state index is -0.620. The van der Waals surface area contributed by atoms with Gasteiger partial charge in [-0.25, -0.2) is 4.39 Å². The molecule has 0 bridgehead atoms. The van der Waals surface area contributed by atoms with E-state index in [1.807, 2.05) is 6.92 Å². The first-order chi connectivity index (χ1) is 9.72. The van der Waals surface area contributed by atoms with Crippen LogP contribution in [0.2, 0.25) is 0 Å². The maximum atomic E-state index is 13.6. The zero-order valence-electron chi connectivity index (χ0n) is 11.8. The van der Waals surface area contributed by atoms with Crippen molar-refractivity contribution in [2.24, 2.45) is 0 Å². The third-order valence-corrected chi connectivity index (χ3v) is 3.40. The summed E-state index contributed by atoms with van der Waals surface area (Å²) < 4.78 is 19.2. The fourth-order valence-electron chi connectivity index (χ4n) is 2.27. The normalized spacial score (nSPS) is 17.4. The van der Waals surface area contributed by atoms with Gasteiger partial charge in [0.05, 0.1) is 0 Å². The van der Waals surface area contributed by atoms with E-state index in [0.717, 1.165) is 26.1 Å². The predicted octanol–water partition coefficient (Wildman–Crippen LogP) is 1.80. The van der Waals surface area contributed by atoms with Crippen molar-refractivity contribution < 1.29 is 13.9 Å². The Bertz CT molecular complexity index is 445. The molecule has 0 saturated carbocycles. The summed E-state index contributed by atoms with van der Waals surface area (Å²) in [7, 11) is 0. The zero-order valence-corrected chi connectivity index (χ0v) is 11.8. The third kappa shape index (κ3) is 3.70. The highest BCUT2D eigenvalue weighted by Gasteiger charge is 2.25. The molecule has 110 valence electrons. The Balaban J connectivity index is 2.03. The van der Waals surface area contributed by atoms with Crippen LogP contribution in [0.25, 0.3) is 0 Å². The van der Waals surface area contributed by atoms with Gasteiger partial charge >= 0.3 is 0 Å². The monoisotopic (exact) mass is 280 g/mol. The lowest BCUT2D eigenvalue weighted by molar-refractivity contribution is -0.138. The molecule has 1 atom stereocenters. The SMILES string of the molecule is CCC(Oc1ccccc1F)C(=O)N1CCCNCC1. The van der Waals surface area contributed by atoms with Gasteiger partial charge in [0.15, 0.2) is 17.7 Å². The molecule has 1 heterocycles. The fraction of sp³-hybridized carbons (Fsp3) is 0.533. The van der Waals surface area contributed by atoms with Crippen molar-refractivity contribution in [3.63, 3.8) is 0 Å². The maximum Gasteiger partial charge on any atom is 0.263 e. The van der Waals surface area contributed by atoms with Crippen LogP contribution >= 0.6 is 0 Å². The van der Waals surface area contributed by atoms with E-state index >= 15 is 0 Å². The van der Waals surface area contributed by atoms with Crippen LogP contribution in [0.1, 0.15) is 19.8 Å². The van der Waals surface area contributed by atoms with E-state index < -0.39 is 11.9 Å². The highest BCUT2D eigenvalue weighted by Crippen LogP contribution is 2.19. The van der Waals surface area contributed by atoms with E-state index in [-0.39, 0.29) is 11.7 Å². The molecule has 1 unspecified atom stereocenters. The summed E-state index contributed by atoms with van der Waals surface area (Å²) in [4.78, 5) is 14.2. The van der Waals surface area contributed by atoms with Crippen molar-refractivity contribution >= 4 is 5.91 Å². The Hall–Kier alpha value is -1.62. The van der Waals surface area contributed by atoms with Gasteiger partial charge in [-0.3, -0.25) is 4.79 Å². The largest absolute Gasteiger partial charge is 0.478 e. The Morgan fingerprint density at radius 3 is 2.95 bits per heavy atom. The van der Waals surface area contributed by atoms with Crippen LogP contribution in [-0.2, 0) is 4.79 Å². The molecular weight excluding hydrogens is 259 g/mol. The summed E-state index contributed by atoms with van der Waals surface area (Å²) in [6, 6.07) is 6.19. The zero-order chi connectivity index (χ0) is 14.4. The summed E-state index contributed by atoms with van der Waals surface area (Å²) in [5, 5.41) is 3.25. The second-order valence-corrected chi connectivity index (χ2v) is 4.87. The van der Waals surface area contributed by atoms with Crippen molar-refractivity contribution in [1.29, 1.82) is 0 Å². The van der Waals surface area contributed by atoms with Gasteiger partial charge in [-0.2, -0.15) is 0 Å². The maximum absolute atomic E-state index is 13.6. The molecule has 0 spiro atoms. The number of nitrogens with one attached hydrogen (secondary N) is 1. The molecule has 1 aromatic carbocycles. The number of carbonyl (C=O) groups excluding carboxylic acids is 1. The smallest absolute Gasteiger partial charge is 0.263 e. The van der Waals surface area contributed by atoms with Crippen LogP contribution in [0.3, 0.4) is 0 Å². The molecule has 20 heavy (non-hydrogen) atoms. The van der Waals surface area contributed by atoms with Crippen molar-refractivity contribution in [2.75, 3.05) is 26.2 Å². The van der Waals surface area contributed by atoms with Gasteiger partial charge in [-0.1, -0.05) is 19.1 Å². The topological polar surface area (TPSA) is 41.6 Å². The molecule has 0 radical (unpaired) electrons. The standard InChI is InChI=1S/C15H21FN2O2/c1-2-13(20-14-7-4-3-6-12(14)16)15(19)18-10-5-8-17-9-11-18/h3-4,6-7,13,17H,2,5,8-11H2,1H3. The Labute approximate surface area is 118 Å². The third-order valence-electron chi connectivity index (χ3n) is 3.40. The summed E-state index contributed by atoms with van der Waals surface area (Å²) in [6.45, 7) is 5.00. The van der Waals surface area contributed by atoms with Crippen LogP contribution in [0, 0.1) is 5.82 Å². The van der Waals surface area contributed by atoms with Crippen molar-refractivity contribution in [1.82, 2.24) is 10.2 Å². The van der Waals surface area contributed by atoms with E-state index in [4.69, 9.17) is 4.74 Å². The number of para-hydroxylation sites is 1. The average molecular weight is 280 g/mol.